The van der Waals surface area contributed by atoms with Crippen LogP contribution in [0.2, 0.25) is 0 Å². The second-order valence-electron chi connectivity index (χ2n) is 6.74. The van der Waals surface area contributed by atoms with Crippen molar-refractivity contribution in [1.29, 1.82) is 0 Å². The summed E-state index contributed by atoms with van der Waals surface area (Å²) in [5.74, 6) is 2.87. The van der Waals surface area contributed by atoms with Gasteiger partial charge in [-0.15, -0.1) is 0 Å². The second-order valence-corrected chi connectivity index (χ2v) is 6.74. The number of alkyl halides is 3. The van der Waals surface area contributed by atoms with Crippen LogP contribution in [0, 0.1) is 23.5 Å². The molecule has 0 aliphatic rings. The zero-order valence-corrected chi connectivity index (χ0v) is 16.2. The molecule has 0 bridgehead atoms. The van der Waals surface area contributed by atoms with Gasteiger partial charge in [-0.25, -0.2) is 8.78 Å². The topological polar surface area (TPSA) is 9.23 Å². The van der Waals surface area contributed by atoms with Crippen LogP contribution in [0.3, 0.4) is 0 Å². The van der Waals surface area contributed by atoms with Gasteiger partial charge in [-0.1, -0.05) is 43.7 Å². The highest BCUT2D eigenvalue weighted by Crippen LogP contribution is 2.25. The van der Waals surface area contributed by atoms with Gasteiger partial charge in [0.2, 0.25) is 0 Å². The molecule has 156 valence electrons. The lowest BCUT2D eigenvalue weighted by atomic mass is 10.1. The first-order valence-corrected chi connectivity index (χ1v) is 9.58. The SMILES string of the molecule is CCCCCc1ccc(C#Cc2cc(F)c(OCCCC(F)(F)F)c(F)c2)cc1. The zero-order chi connectivity index (χ0) is 21.3. The summed E-state index contributed by atoms with van der Waals surface area (Å²) in [6.07, 6.45) is -1.30. The summed E-state index contributed by atoms with van der Waals surface area (Å²) in [4.78, 5) is 0. The van der Waals surface area contributed by atoms with Gasteiger partial charge in [0.25, 0.3) is 0 Å². The molecule has 6 heteroatoms. The molecule has 2 aromatic rings. The molecule has 2 aromatic carbocycles. The van der Waals surface area contributed by atoms with Gasteiger partial charge >= 0.3 is 6.18 Å². The third-order valence-corrected chi connectivity index (χ3v) is 4.22. The second kappa shape index (κ2) is 10.8. The van der Waals surface area contributed by atoms with Crippen molar-refractivity contribution in [2.24, 2.45) is 0 Å². The molecule has 0 saturated carbocycles. The Morgan fingerprint density at radius 3 is 2.07 bits per heavy atom. The maximum absolute atomic E-state index is 14.0. The van der Waals surface area contributed by atoms with Gasteiger partial charge in [0.1, 0.15) is 0 Å². The van der Waals surface area contributed by atoms with E-state index in [1.54, 1.807) is 0 Å². The standard InChI is InChI=1S/C23H23F5O/c1-2-3-4-6-17-7-9-18(10-8-17)11-12-19-15-20(24)22(21(25)16-19)29-14-5-13-23(26,27)28/h7-10,15-16H,2-6,13-14H2,1H3. The van der Waals surface area contributed by atoms with Crippen molar-refractivity contribution in [3.05, 3.63) is 64.7 Å². The largest absolute Gasteiger partial charge is 0.488 e. The predicted octanol–water partition coefficient (Wildman–Crippen LogP) is 6.82. The quantitative estimate of drug-likeness (QED) is 0.264. The molecule has 0 fully saturated rings. The zero-order valence-electron chi connectivity index (χ0n) is 16.2. The fraction of sp³-hybridized carbons (Fsp3) is 0.391. The minimum absolute atomic E-state index is 0.120. The van der Waals surface area contributed by atoms with Crippen LogP contribution in [0.1, 0.15) is 55.7 Å². The number of unbranched alkanes of at least 4 members (excludes halogenated alkanes) is 2. The molecule has 0 saturated heterocycles. The molecular formula is C23H23F5O. The Balaban J connectivity index is 1.98. The molecule has 0 radical (unpaired) electrons. The molecule has 2 rings (SSSR count). The molecule has 0 aliphatic heterocycles. The first-order chi connectivity index (χ1) is 13.8. The average molecular weight is 410 g/mol. The van der Waals surface area contributed by atoms with Crippen LogP contribution >= 0.6 is 0 Å². The van der Waals surface area contributed by atoms with Crippen molar-refractivity contribution in [1.82, 2.24) is 0 Å². The molecule has 0 unspecified atom stereocenters. The minimum Gasteiger partial charge on any atom is -0.488 e. The molecule has 1 nitrogen and oxygen atoms in total. The van der Waals surface area contributed by atoms with E-state index in [-0.39, 0.29) is 12.0 Å². The summed E-state index contributed by atoms with van der Waals surface area (Å²) in [6.45, 7) is 1.72. The lowest BCUT2D eigenvalue weighted by Gasteiger charge is -2.10. The van der Waals surface area contributed by atoms with Crippen molar-refractivity contribution >= 4 is 0 Å². The van der Waals surface area contributed by atoms with Crippen molar-refractivity contribution in [3.63, 3.8) is 0 Å². The molecule has 29 heavy (non-hydrogen) atoms. The maximum atomic E-state index is 14.0. The Hall–Kier alpha value is -2.55. The van der Waals surface area contributed by atoms with E-state index in [9.17, 15) is 22.0 Å². The molecule has 0 heterocycles. The summed E-state index contributed by atoms with van der Waals surface area (Å²) in [5, 5.41) is 0. The number of rotatable bonds is 8. The van der Waals surface area contributed by atoms with E-state index < -0.39 is 36.6 Å². The highest BCUT2D eigenvalue weighted by atomic mass is 19.4. The van der Waals surface area contributed by atoms with Crippen molar-refractivity contribution < 1.29 is 26.7 Å². The van der Waals surface area contributed by atoms with E-state index in [4.69, 9.17) is 4.74 Å². The number of halogens is 5. The van der Waals surface area contributed by atoms with E-state index >= 15 is 0 Å². The summed E-state index contributed by atoms with van der Waals surface area (Å²) >= 11 is 0. The Bertz CT molecular complexity index is 821. The number of benzene rings is 2. The summed E-state index contributed by atoms with van der Waals surface area (Å²) in [7, 11) is 0. The summed E-state index contributed by atoms with van der Waals surface area (Å²) in [6, 6.07) is 9.71. The Morgan fingerprint density at radius 2 is 1.48 bits per heavy atom. The van der Waals surface area contributed by atoms with Crippen molar-refractivity contribution in [2.75, 3.05) is 6.61 Å². The number of hydrogen-bond acceptors (Lipinski definition) is 1. The van der Waals surface area contributed by atoms with Gasteiger partial charge in [0, 0.05) is 17.5 Å². The van der Waals surface area contributed by atoms with Crippen LogP contribution in [0.15, 0.2) is 36.4 Å². The van der Waals surface area contributed by atoms with Crippen LogP contribution < -0.4 is 4.74 Å². The molecule has 0 aliphatic carbocycles. The maximum Gasteiger partial charge on any atom is 0.389 e. The third-order valence-electron chi connectivity index (χ3n) is 4.22. The fourth-order valence-electron chi connectivity index (χ4n) is 2.69. The number of hydrogen-bond donors (Lipinski definition) is 0. The minimum atomic E-state index is -4.33. The summed E-state index contributed by atoms with van der Waals surface area (Å²) in [5.41, 5.74) is 2.06. The highest BCUT2D eigenvalue weighted by molar-refractivity contribution is 5.45. The molecule has 0 atom stereocenters. The molecule has 0 N–H and O–H groups in total. The smallest absolute Gasteiger partial charge is 0.389 e. The number of ether oxygens (including phenoxy) is 1. The van der Waals surface area contributed by atoms with E-state index in [2.05, 4.69) is 18.8 Å². The van der Waals surface area contributed by atoms with E-state index in [0.717, 1.165) is 37.0 Å². The van der Waals surface area contributed by atoms with Crippen LogP contribution in [-0.4, -0.2) is 12.8 Å². The van der Waals surface area contributed by atoms with Gasteiger partial charge in [-0.2, -0.15) is 13.2 Å². The van der Waals surface area contributed by atoms with Gasteiger partial charge in [-0.05, 0) is 49.1 Å². The van der Waals surface area contributed by atoms with Gasteiger partial charge in [0.15, 0.2) is 17.4 Å². The van der Waals surface area contributed by atoms with Crippen LogP contribution in [-0.2, 0) is 6.42 Å². The third kappa shape index (κ3) is 8.15. The van der Waals surface area contributed by atoms with Crippen LogP contribution in [0.5, 0.6) is 5.75 Å². The highest BCUT2D eigenvalue weighted by Gasteiger charge is 2.26. The lowest BCUT2D eigenvalue weighted by molar-refractivity contribution is -0.136. The van der Waals surface area contributed by atoms with E-state index in [0.29, 0.717) is 0 Å². The van der Waals surface area contributed by atoms with E-state index in [1.165, 1.54) is 12.0 Å². The van der Waals surface area contributed by atoms with Crippen LogP contribution in [0.4, 0.5) is 22.0 Å². The first kappa shape index (κ1) is 22.7. The van der Waals surface area contributed by atoms with Gasteiger partial charge in [0.05, 0.1) is 6.61 Å². The van der Waals surface area contributed by atoms with Gasteiger partial charge < -0.3 is 4.74 Å². The predicted molar refractivity (Wildman–Crippen MR) is 103 cm³/mol. The Kier molecular flexibility index (Phi) is 8.50. The Morgan fingerprint density at radius 1 is 0.862 bits per heavy atom. The van der Waals surface area contributed by atoms with Gasteiger partial charge in [-0.3, -0.25) is 0 Å². The molecule has 0 aromatic heterocycles. The summed E-state index contributed by atoms with van der Waals surface area (Å²) < 4.78 is 69.2. The van der Waals surface area contributed by atoms with E-state index in [1.807, 2.05) is 24.3 Å². The lowest BCUT2D eigenvalue weighted by Crippen LogP contribution is -2.10. The Labute approximate surface area is 167 Å². The average Bonchev–Trinajstić information content (AvgIpc) is 2.65. The van der Waals surface area contributed by atoms with Crippen molar-refractivity contribution in [2.45, 2.75) is 51.6 Å². The normalized spacial score (nSPS) is 11.1. The molecular weight excluding hydrogens is 387 g/mol. The monoisotopic (exact) mass is 410 g/mol. The first-order valence-electron chi connectivity index (χ1n) is 9.58. The fourth-order valence-corrected chi connectivity index (χ4v) is 2.69. The van der Waals surface area contributed by atoms with Crippen LogP contribution in [0.25, 0.3) is 0 Å². The molecule has 0 amide bonds. The molecule has 0 spiro atoms. The van der Waals surface area contributed by atoms with Crippen molar-refractivity contribution in [3.8, 4) is 17.6 Å². The number of aryl methyl sites for hydroxylation is 1.